The third-order valence-electron chi connectivity index (χ3n) is 3.18. The summed E-state index contributed by atoms with van der Waals surface area (Å²) in [6, 6.07) is 14.2. The Hall–Kier alpha value is -2.32. The minimum atomic E-state index is -3.49. The lowest BCUT2D eigenvalue weighted by atomic mass is 10.1. The van der Waals surface area contributed by atoms with Crippen LogP contribution in [0.5, 0.6) is 0 Å². The SMILES string of the molecule is Cc1cccc(C)c1NS(=O)(=O)Cc1ccc(C#N)cc1. The van der Waals surface area contributed by atoms with Gasteiger partial charge in [-0.05, 0) is 42.7 Å². The Morgan fingerprint density at radius 2 is 1.62 bits per heavy atom. The zero-order valence-electron chi connectivity index (χ0n) is 11.9. The van der Waals surface area contributed by atoms with E-state index in [2.05, 4.69) is 4.72 Å². The summed E-state index contributed by atoms with van der Waals surface area (Å²) in [5.74, 6) is -0.119. The Labute approximate surface area is 125 Å². The predicted molar refractivity (Wildman–Crippen MR) is 83.3 cm³/mol. The van der Waals surface area contributed by atoms with Crippen molar-refractivity contribution < 1.29 is 8.42 Å². The quantitative estimate of drug-likeness (QED) is 0.943. The third kappa shape index (κ3) is 3.83. The average molecular weight is 300 g/mol. The summed E-state index contributed by atoms with van der Waals surface area (Å²) in [4.78, 5) is 0. The number of hydrogen-bond acceptors (Lipinski definition) is 3. The Balaban J connectivity index is 2.21. The van der Waals surface area contributed by atoms with Crippen LogP contribution in [-0.4, -0.2) is 8.42 Å². The van der Waals surface area contributed by atoms with E-state index in [-0.39, 0.29) is 5.75 Å². The molecule has 0 heterocycles. The van der Waals surface area contributed by atoms with Crippen molar-refractivity contribution in [1.82, 2.24) is 0 Å². The van der Waals surface area contributed by atoms with Gasteiger partial charge in [0, 0.05) is 0 Å². The molecule has 0 aliphatic carbocycles. The van der Waals surface area contributed by atoms with Crippen LogP contribution in [0, 0.1) is 25.2 Å². The van der Waals surface area contributed by atoms with Gasteiger partial charge in [0.1, 0.15) is 0 Å². The fourth-order valence-corrected chi connectivity index (χ4v) is 3.40. The minimum absolute atomic E-state index is 0.119. The molecule has 2 rings (SSSR count). The number of hydrogen-bond donors (Lipinski definition) is 1. The molecular formula is C16H16N2O2S. The van der Waals surface area contributed by atoms with E-state index in [4.69, 9.17) is 5.26 Å². The van der Waals surface area contributed by atoms with Gasteiger partial charge in [0.2, 0.25) is 10.0 Å². The van der Waals surface area contributed by atoms with Crippen molar-refractivity contribution in [3.8, 4) is 6.07 Å². The van der Waals surface area contributed by atoms with Crippen LogP contribution in [0.3, 0.4) is 0 Å². The van der Waals surface area contributed by atoms with E-state index < -0.39 is 10.0 Å². The lowest BCUT2D eigenvalue weighted by molar-refractivity contribution is 0.600. The maximum Gasteiger partial charge on any atom is 0.236 e. The fourth-order valence-electron chi connectivity index (χ4n) is 2.06. The van der Waals surface area contributed by atoms with Crippen LogP contribution in [0.25, 0.3) is 0 Å². The van der Waals surface area contributed by atoms with Crippen LogP contribution in [0.4, 0.5) is 5.69 Å². The van der Waals surface area contributed by atoms with Gasteiger partial charge in [0.25, 0.3) is 0 Å². The summed E-state index contributed by atoms with van der Waals surface area (Å²) < 4.78 is 27.1. The van der Waals surface area contributed by atoms with Gasteiger partial charge in [0.05, 0.1) is 23.1 Å². The highest BCUT2D eigenvalue weighted by molar-refractivity contribution is 7.91. The summed E-state index contributed by atoms with van der Waals surface area (Å²) in [7, 11) is -3.49. The number of nitrogens with zero attached hydrogens (tertiary/aromatic N) is 1. The highest BCUT2D eigenvalue weighted by Crippen LogP contribution is 2.22. The molecule has 5 heteroatoms. The molecule has 4 nitrogen and oxygen atoms in total. The van der Waals surface area contributed by atoms with Gasteiger partial charge in [0.15, 0.2) is 0 Å². The van der Waals surface area contributed by atoms with E-state index in [9.17, 15) is 8.42 Å². The molecule has 0 aromatic heterocycles. The van der Waals surface area contributed by atoms with Gasteiger partial charge in [-0.25, -0.2) is 8.42 Å². The second-order valence-corrected chi connectivity index (χ2v) is 6.66. The molecule has 21 heavy (non-hydrogen) atoms. The van der Waals surface area contributed by atoms with Gasteiger partial charge in [-0.3, -0.25) is 4.72 Å². The van der Waals surface area contributed by atoms with Gasteiger partial charge in [-0.15, -0.1) is 0 Å². The molecule has 0 saturated carbocycles. The summed E-state index contributed by atoms with van der Waals surface area (Å²) in [6.07, 6.45) is 0. The van der Waals surface area contributed by atoms with E-state index in [0.29, 0.717) is 16.8 Å². The van der Waals surface area contributed by atoms with E-state index in [1.807, 2.05) is 38.1 Å². The number of benzene rings is 2. The molecule has 0 bridgehead atoms. The summed E-state index contributed by atoms with van der Waals surface area (Å²) in [6.45, 7) is 3.74. The molecule has 1 N–H and O–H groups in total. The third-order valence-corrected chi connectivity index (χ3v) is 4.41. The first-order valence-corrected chi connectivity index (χ1v) is 8.12. The van der Waals surface area contributed by atoms with Gasteiger partial charge in [-0.2, -0.15) is 5.26 Å². The molecule has 0 saturated heterocycles. The number of anilines is 1. The maximum atomic E-state index is 12.3. The summed E-state index contributed by atoms with van der Waals surface area (Å²) >= 11 is 0. The molecule has 2 aromatic carbocycles. The van der Waals surface area contributed by atoms with E-state index >= 15 is 0 Å². The first kappa shape index (κ1) is 15.1. The predicted octanol–water partition coefficient (Wildman–Crippen LogP) is 3.12. The van der Waals surface area contributed by atoms with Crippen LogP contribution >= 0.6 is 0 Å². The van der Waals surface area contributed by atoms with Crippen molar-refractivity contribution in [1.29, 1.82) is 5.26 Å². The van der Waals surface area contributed by atoms with Gasteiger partial charge >= 0.3 is 0 Å². The Kier molecular flexibility index (Phi) is 4.29. The second-order valence-electron chi connectivity index (χ2n) is 4.94. The largest absolute Gasteiger partial charge is 0.283 e. The van der Waals surface area contributed by atoms with Gasteiger partial charge < -0.3 is 0 Å². The van der Waals surface area contributed by atoms with Crippen molar-refractivity contribution in [3.05, 3.63) is 64.7 Å². The monoisotopic (exact) mass is 300 g/mol. The summed E-state index contributed by atoms with van der Waals surface area (Å²) in [5.41, 5.74) is 3.56. The molecule has 0 radical (unpaired) electrons. The van der Waals surface area contributed by atoms with E-state index in [0.717, 1.165) is 11.1 Å². The molecule has 0 amide bonds. The number of sulfonamides is 1. The zero-order chi connectivity index (χ0) is 15.5. The van der Waals surface area contributed by atoms with E-state index in [1.54, 1.807) is 24.3 Å². The molecule has 0 aliphatic rings. The van der Waals surface area contributed by atoms with Crippen LogP contribution in [0.1, 0.15) is 22.3 Å². The molecule has 0 unspecified atom stereocenters. The number of rotatable bonds is 4. The average Bonchev–Trinajstić information content (AvgIpc) is 2.43. The van der Waals surface area contributed by atoms with Crippen LogP contribution in [-0.2, 0) is 15.8 Å². The molecule has 0 fully saturated rings. The molecular weight excluding hydrogens is 284 g/mol. The highest BCUT2D eigenvalue weighted by Gasteiger charge is 2.14. The lowest BCUT2D eigenvalue weighted by Crippen LogP contribution is -2.16. The van der Waals surface area contributed by atoms with Crippen LogP contribution < -0.4 is 4.72 Å². The van der Waals surface area contributed by atoms with E-state index in [1.165, 1.54) is 0 Å². The van der Waals surface area contributed by atoms with Gasteiger partial charge in [-0.1, -0.05) is 30.3 Å². The summed E-state index contributed by atoms with van der Waals surface area (Å²) in [5, 5.41) is 8.74. The number of para-hydroxylation sites is 1. The van der Waals surface area contributed by atoms with Crippen molar-refractivity contribution in [2.24, 2.45) is 0 Å². The van der Waals surface area contributed by atoms with Crippen molar-refractivity contribution in [3.63, 3.8) is 0 Å². The molecule has 0 atom stereocenters. The fraction of sp³-hybridized carbons (Fsp3) is 0.188. The van der Waals surface area contributed by atoms with Crippen molar-refractivity contribution >= 4 is 15.7 Å². The first-order chi connectivity index (χ1) is 9.91. The maximum absolute atomic E-state index is 12.3. The standard InChI is InChI=1S/C16H16N2O2S/c1-12-4-3-5-13(2)16(12)18-21(19,20)11-15-8-6-14(10-17)7-9-15/h3-9,18H,11H2,1-2H3. The smallest absolute Gasteiger partial charge is 0.236 e. The zero-order valence-corrected chi connectivity index (χ0v) is 12.7. The molecule has 108 valence electrons. The number of aryl methyl sites for hydroxylation is 2. The highest BCUT2D eigenvalue weighted by atomic mass is 32.2. The Bertz CT molecular complexity index is 768. The topological polar surface area (TPSA) is 70.0 Å². The Morgan fingerprint density at radius 3 is 2.14 bits per heavy atom. The van der Waals surface area contributed by atoms with Crippen LogP contribution in [0.2, 0.25) is 0 Å². The second kappa shape index (κ2) is 5.98. The van der Waals surface area contributed by atoms with Crippen molar-refractivity contribution in [2.45, 2.75) is 19.6 Å². The van der Waals surface area contributed by atoms with Crippen molar-refractivity contribution in [2.75, 3.05) is 4.72 Å². The first-order valence-electron chi connectivity index (χ1n) is 6.47. The molecule has 0 spiro atoms. The van der Waals surface area contributed by atoms with Crippen LogP contribution in [0.15, 0.2) is 42.5 Å². The Morgan fingerprint density at radius 1 is 1.05 bits per heavy atom. The normalized spacial score (nSPS) is 10.9. The molecule has 0 aliphatic heterocycles. The number of nitrogens with one attached hydrogen (secondary N) is 1. The lowest BCUT2D eigenvalue weighted by Gasteiger charge is -2.13. The molecule has 2 aromatic rings. The number of nitriles is 1. The minimum Gasteiger partial charge on any atom is -0.283 e.